The fourth-order valence-electron chi connectivity index (χ4n) is 5.13. The number of carbonyl (C=O) groups excluding carboxylic acids is 3. The molecule has 2 aromatic carbocycles. The standard InChI is InChI=1S/C29H40N4O6/c1-18(2)15-24(27(36)31-22(10-6-14-34)16-21-12-13-30-26(21)35)32-28(37)25(33-29(38)39)17-20-9-5-8-19-7-3-4-11-23(19)20/h3-5,7-9,11,18,21-22,24-25,33-34H,6,10,12-17H2,1-2H3,(H,30,35)(H,31,36)(H,32,37)(H,38,39). The second kappa shape index (κ2) is 14.5. The molecule has 3 rings (SSSR count). The molecule has 0 aliphatic carbocycles. The highest BCUT2D eigenvalue weighted by Crippen LogP contribution is 2.21. The first-order valence-electron chi connectivity index (χ1n) is 13.6. The van der Waals surface area contributed by atoms with Gasteiger partial charge in [-0.15, -0.1) is 0 Å². The fraction of sp³-hybridized carbons (Fsp3) is 0.517. The highest BCUT2D eigenvalue weighted by molar-refractivity contribution is 5.92. The van der Waals surface area contributed by atoms with Crippen molar-refractivity contribution in [3.05, 3.63) is 48.0 Å². The Kier molecular flexibility index (Phi) is 11.1. The third-order valence-corrected chi connectivity index (χ3v) is 7.05. The molecule has 1 heterocycles. The van der Waals surface area contributed by atoms with E-state index in [-0.39, 0.29) is 36.8 Å². The van der Waals surface area contributed by atoms with Crippen LogP contribution in [0.2, 0.25) is 0 Å². The van der Waals surface area contributed by atoms with Gasteiger partial charge in [0.25, 0.3) is 0 Å². The Morgan fingerprint density at radius 2 is 1.72 bits per heavy atom. The van der Waals surface area contributed by atoms with Gasteiger partial charge >= 0.3 is 6.09 Å². The molecule has 0 bridgehead atoms. The minimum Gasteiger partial charge on any atom is -0.465 e. The van der Waals surface area contributed by atoms with Crippen LogP contribution in [-0.4, -0.2) is 65.3 Å². The molecular formula is C29H40N4O6. The van der Waals surface area contributed by atoms with Crippen LogP contribution in [0.3, 0.4) is 0 Å². The van der Waals surface area contributed by atoms with E-state index in [2.05, 4.69) is 21.3 Å². The summed E-state index contributed by atoms with van der Waals surface area (Å²) in [6.07, 6.45) is 1.24. The van der Waals surface area contributed by atoms with E-state index in [1.807, 2.05) is 56.3 Å². The largest absolute Gasteiger partial charge is 0.465 e. The Balaban J connectivity index is 1.75. The molecule has 10 nitrogen and oxygen atoms in total. The molecule has 0 spiro atoms. The number of aliphatic hydroxyl groups is 1. The maximum atomic E-state index is 13.4. The highest BCUT2D eigenvalue weighted by atomic mass is 16.4. The number of fused-ring (bicyclic) bond motifs is 1. The van der Waals surface area contributed by atoms with E-state index >= 15 is 0 Å². The number of amides is 4. The zero-order chi connectivity index (χ0) is 28.4. The lowest BCUT2D eigenvalue weighted by Crippen LogP contribution is -2.55. The number of hydrogen-bond acceptors (Lipinski definition) is 5. The molecule has 0 saturated carbocycles. The second-order valence-electron chi connectivity index (χ2n) is 10.6. The van der Waals surface area contributed by atoms with Crippen molar-refractivity contribution in [2.24, 2.45) is 11.8 Å². The molecule has 2 aromatic rings. The smallest absolute Gasteiger partial charge is 0.405 e. The van der Waals surface area contributed by atoms with E-state index in [0.717, 1.165) is 16.3 Å². The van der Waals surface area contributed by atoms with E-state index in [1.54, 1.807) is 0 Å². The van der Waals surface area contributed by atoms with Crippen LogP contribution in [-0.2, 0) is 20.8 Å². The zero-order valence-electron chi connectivity index (χ0n) is 22.6. The van der Waals surface area contributed by atoms with Crippen molar-refractivity contribution in [1.29, 1.82) is 0 Å². The van der Waals surface area contributed by atoms with E-state index in [0.29, 0.717) is 38.6 Å². The zero-order valence-corrected chi connectivity index (χ0v) is 22.6. The van der Waals surface area contributed by atoms with Crippen molar-refractivity contribution in [2.75, 3.05) is 13.2 Å². The lowest BCUT2D eigenvalue weighted by molar-refractivity contribution is -0.131. The normalized spacial score (nSPS) is 17.3. The molecule has 39 heavy (non-hydrogen) atoms. The second-order valence-corrected chi connectivity index (χ2v) is 10.6. The summed E-state index contributed by atoms with van der Waals surface area (Å²) in [5, 5.41) is 31.6. The Bertz CT molecular complexity index is 1150. The SMILES string of the molecule is CC(C)CC(NC(=O)C(Cc1cccc2ccccc12)NC(=O)O)C(=O)NC(CCCO)CC1CCNC1=O. The molecule has 212 valence electrons. The molecular weight excluding hydrogens is 500 g/mol. The van der Waals surface area contributed by atoms with Crippen LogP contribution < -0.4 is 21.3 Å². The molecule has 1 aliphatic rings. The summed E-state index contributed by atoms with van der Waals surface area (Å²) in [6.45, 7) is 4.43. The number of benzene rings is 2. The third kappa shape index (κ3) is 8.95. The first-order valence-corrected chi connectivity index (χ1v) is 13.6. The maximum Gasteiger partial charge on any atom is 0.405 e. The average molecular weight is 541 g/mol. The van der Waals surface area contributed by atoms with Crippen molar-refractivity contribution in [1.82, 2.24) is 21.3 Å². The quantitative estimate of drug-likeness (QED) is 0.216. The van der Waals surface area contributed by atoms with Gasteiger partial charge in [-0.05, 0) is 54.4 Å². The molecule has 4 unspecified atom stereocenters. The van der Waals surface area contributed by atoms with Crippen LogP contribution >= 0.6 is 0 Å². The number of nitrogens with one attached hydrogen (secondary N) is 4. The number of hydrogen-bond donors (Lipinski definition) is 6. The fourth-order valence-corrected chi connectivity index (χ4v) is 5.13. The lowest BCUT2D eigenvalue weighted by atomic mass is 9.94. The average Bonchev–Trinajstić information content (AvgIpc) is 3.30. The minimum atomic E-state index is -1.33. The first-order chi connectivity index (χ1) is 18.7. The van der Waals surface area contributed by atoms with Crippen LogP contribution in [0.15, 0.2) is 42.5 Å². The third-order valence-electron chi connectivity index (χ3n) is 7.05. The van der Waals surface area contributed by atoms with Gasteiger partial charge in [0.1, 0.15) is 12.1 Å². The lowest BCUT2D eigenvalue weighted by Gasteiger charge is -2.27. The summed E-state index contributed by atoms with van der Waals surface area (Å²) in [7, 11) is 0. The van der Waals surface area contributed by atoms with E-state index < -0.39 is 30.0 Å². The van der Waals surface area contributed by atoms with Gasteiger partial charge in [-0.1, -0.05) is 56.3 Å². The van der Waals surface area contributed by atoms with Crippen molar-refractivity contribution in [2.45, 2.75) is 70.5 Å². The Morgan fingerprint density at radius 1 is 1.00 bits per heavy atom. The van der Waals surface area contributed by atoms with Crippen molar-refractivity contribution >= 4 is 34.6 Å². The number of aliphatic hydroxyl groups excluding tert-OH is 1. The molecule has 10 heteroatoms. The summed E-state index contributed by atoms with van der Waals surface area (Å²) >= 11 is 0. The molecule has 0 radical (unpaired) electrons. The van der Waals surface area contributed by atoms with Gasteiger partial charge in [0.15, 0.2) is 0 Å². The van der Waals surface area contributed by atoms with E-state index in [1.165, 1.54) is 0 Å². The van der Waals surface area contributed by atoms with Crippen molar-refractivity contribution in [3.63, 3.8) is 0 Å². The van der Waals surface area contributed by atoms with Crippen LogP contribution in [0.4, 0.5) is 4.79 Å². The van der Waals surface area contributed by atoms with Crippen LogP contribution in [0.25, 0.3) is 10.8 Å². The topological polar surface area (TPSA) is 157 Å². The van der Waals surface area contributed by atoms with Crippen LogP contribution in [0, 0.1) is 11.8 Å². The Morgan fingerprint density at radius 3 is 2.38 bits per heavy atom. The van der Waals surface area contributed by atoms with Gasteiger partial charge in [-0.3, -0.25) is 14.4 Å². The molecule has 1 saturated heterocycles. The number of carbonyl (C=O) groups is 4. The summed E-state index contributed by atoms with van der Waals surface area (Å²) in [4.78, 5) is 50.5. The molecule has 4 atom stereocenters. The highest BCUT2D eigenvalue weighted by Gasteiger charge is 2.31. The van der Waals surface area contributed by atoms with Gasteiger partial charge in [-0.25, -0.2) is 4.79 Å². The molecule has 4 amide bonds. The summed E-state index contributed by atoms with van der Waals surface area (Å²) < 4.78 is 0. The first kappa shape index (κ1) is 29.9. The number of rotatable bonds is 14. The van der Waals surface area contributed by atoms with Gasteiger partial charge in [0.2, 0.25) is 17.7 Å². The molecule has 0 aromatic heterocycles. The van der Waals surface area contributed by atoms with Gasteiger partial charge in [0, 0.05) is 31.5 Å². The summed E-state index contributed by atoms with van der Waals surface area (Å²) in [5.41, 5.74) is 0.811. The summed E-state index contributed by atoms with van der Waals surface area (Å²) in [6, 6.07) is 11.0. The van der Waals surface area contributed by atoms with Crippen molar-refractivity contribution < 1.29 is 29.4 Å². The van der Waals surface area contributed by atoms with Gasteiger partial charge in [0.05, 0.1) is 0 Å². The predicted molar refractivity (Wildman–Crippen MR) is 148 cm³/mol. The minimum absolute atomic E-state index is 0.0356. The van der Waals surface area contributed by atoms with E-state index in [4.69, 9.17) is 0 Å². The Labute approximate surface area is 228 Å². The van der Waals surface area contributed by atoms with Gasteiger partial charge in [-0.2, -0.15) is 0 Å². The maximum absolute atomic E-state index is 13.4. The molecule has 6 N–H and O–H groups in total. The molecule has 1 aliphatic heterocycles. The monoisotopic (exact) mass is 540 g/mol. The van der Waals surface area contributed by atoms with E-state index in [9.17, 15) is 29.4 Å². The van der Waals surface area contributed by atoms with Crippen LogP contribution in [0.1, 0.15) is 51.5 Å². The van der Waals surface area contributed by atoms with Gasteiger partial charge < -0.3 is 31.5 Å². The predicted octanol–water partition coefficient (Wildman–Crippen LogP) is 2.33. The summed E-state index contributed by atoms with van der Waals surface area (Å²) in [5.74, 6) is -1.16. The Hall–Kier alpha value is -3.66. The van der Waals surface area contributed by atoms with Crippen LogP contribution in [0.5, 0.6) is 0 Å². The molecule has 1 fully saturated rings. The number of carboxylic acid groups (broad SMARTS) is 1. The van der Waals surface area contributed by atoms with Crippen molar-refractivity contribution in [3.8, 4) is 0 Å².